The second kappa shape index (κ2) is 7.70. The van der Waals surface area contributed by atoms with Crippen molar-refractivity contribution >= 4 is 28.3 Å². The zero-order valence-corrected chi connectivity index (χ0v) is 14.4. The number of hydrogen-bond acceptors (Lipinski definition) is 5. The summed E-state index contributed by atoms with van der Waals surface area (Å²) in [5.41, 5.74) is 2.02. The van der Waals surface area contributed by atoms with Crippen LogP contribution >= 0.6 is 0 Å². The number of rotatable bonds is 6. The van der Waals surface area contributed by atoms with Gasteiger partial charge in [-0.05, 0) is 36.6 Å². The summed E-state index contributed by atoms with van der Waals surface area (Å²) >= 11 is 0. The number of nitrogens with zero attached hydrogens (tertiary/aromatic N) is 3. The van der Waals surface area contributed by atoms with Gasteiger partial charge in [-0.2, -0.15) is 0 Å². The van der Waals surface area contributed by atoms with E-state index >= 15 is 0 Å². The minimum atomic E-state index is -0.202. The summed E-state index contributed by atoms with van der Waals surface area (Å²) in [7, 11) is 0. The average Bonchev–Trinajstić information content (AvgIpc) is 2.62. The van der Waals surface area contributed by atoms with Crippen LogP contribution in [0.1, 0.15) is 30.8 Å². The first-order valence-corrected chi connectivity index (χ1v) is 8.36. The molecule has 6 nitrogen and oxygen atoms in total. The molecule has 2 heterocycles. The fraction of sp³-hybridized carbons (Fsp3) is 0.263. The van der Waals surface area contributed by atoms with E-state index in [9.17, 15) is 4.79 Å². The molecule has 2 N–H and O–H groups in total. The highest BCUT2D eigenvalue weighted by atomic mass is 16.1. The summed E-state index contributed by atoms with van der Waals surface area (Å²) in [5, 5.41) is 15.2. The highest BCUT2D eigenvalue weighted by molar-refractivity contribution is 5.93. The molecule has 1 aromatic carbocycles. The van der Waals surface area contributed by atoms with E-state index in [0.717, 1.165) is 23.0 Å². The second-order valence-electron chi connectivity index (χ2n) is 6.25. The number of amides is 1. The molecule has 128 valence electrons. The van der Waals surface area contributed by atoms with Gasteiger partial charge < -0.3 is 10.6 Å². The average molecular weight is 335 g/mol. The van der Waals surface area contributed by atoms with Crippen molar-refractivity contribution in [1.82, 2.24) is 20.5 Å². The van der Waals surface area contributed by atoms with Crippen LogP contribution in [0.15, 0.2) is 48.7 Å². The molecule has 0 spiro atoms. The molecule has 6 heteroatoms. The zero-order valence-electron chi connectivity index (χ0n) is 14.4. The molecule has 0 aliphatic rings. The number of pyridine rings is 1. The number of para-hydroxylation sites is 1. The Kier molecular flexibility index (Phi) is 5.18. The lowest BCUT2D eigenvalue weighted by Crippen LogP contribution is -2.26. The molecule has 0 radical (unpaired) electrons. The molecule has 2 aromatic heterocycles. The van der Waals surface area contributed by atoms with Crippen LogP contribution in [0.25, 0.3) is 10.9 Å². The molecule has 1 amide bonds. The third kappa shape index (κ3) is 4.29. The van der Waals surface area contributed by atoms with Gasteiger partial charge in [-0.1, -0.05) is 32.0 Å². The van der Waals surface area contributed by atoms with Crippen LogP contribution in [0.2, 0.25) is 0 Å². The van der Waals surface area contributed by atoms with Crippen LogP contribution in [-0.4, -0.2) is 27.6 Å². The summed E-state index contributed by atoms with van der Waals surface area (Å²) in [6, 6.07) is 13.2. The molecular formula is C19H21N5O. The van der Waals surface area contributed by atoms with Crippen molar-refractivity contribution < 1.29 is 4.79 Å². The van der Waals surface area contributed by atoms with Gasteiger partial charge in [0, 0.05) is 18.1 Å². The van der Waals surface area contributed by atoms with Crippen molar-refractivity contribution in [3.63, 3.8) is 0 Å². The van der Waals surface area contributed by atoms with Gasteiger partial charge in [0.2, 0.25) is 0 Å². The molecule has 0 fully saturated rings. The van der Waals surface area contributed by atoms with Crippen molar-refractivity contribution in [3.05, 3.63) is 54.4 Å². The van der Waals surface area contributed by atoms with Gasteiger partial charge in [-0.15, -0.1) is 10.2 Å². The van der Waals surface area contributed by atoms with Gasteiger partial charge in [0.25, 0.3) is 5.91 Å². The Balaban J connectivity index is 1.69. The van der Waals surface area contributed by atoms with Crippen LogP contribution in [0.3, 0.4) is 0 Å². The van der Waals surface area contributed by atoms with Crippen LogP contribution in [0.5, 0.6) is 0 Å². The maximum absolute atomic E-state index is 12.0. The lowest BCUT2D eigenvalue weighted by Gasteiger charge is -2.09. The monoisotopic (exact) mass is 335 g/mol. The van der Waals surface area contributed by atoms with Crippen LogP contribution in [0, 0.1) is 5.92 Å². The Bertz CT molecular complexity index is 856. The largest absolute Gasteiger partial charge is 0.351 e. The smallest absolute Gasteiger partial charge is 0.271 e. The fourth-order valence-corrected chi connectivity index (χ4v) is 2.43. The third-order valence-corrected chi connectivity index (χ3v) is 3.80. The van der Waals surface area contributed by atoms with Gasteiger partial charge in [-0.25, -0.2) is 0 Å². The van der Waals surface area contributed by atoms with Crippen LogP contribution in [-0.2, 0) is 0 Å². The first-order valence-electron chi connectivity index (χ1n) is 8.36. The predicted molar refractivity (Wildman–Crippen MR) is 98.8 cm³/mol. The molecule has 0 unspecified atom stereocenters. The normalized spacial score (nSPS) is 10.8. The summed E-state index contributed by atoms with van der Waals surface area (Å²) in [4.78, 5) is 16.4. The van der Waals surface area contributed by atoms with E-state index in [1.54, 1.807) is 18.3 Å². The Labute approximate surface area is 146 Å². The number of fused-ring (bicyclic) bond motifs is 1. The number of carbonyl (C=O) groups excluding carboxylic acids is 1. The van der Waals surface area contributed by atoms with E-state index < -0.39 is 0 Å². The van der Waals surface area contributed by atoms with Crippen molar-refractivity contribution in [2.75, 3.05) is 11.9 Å². The fourth-order valence-electron chi connectivity index (χ4n) is 2.43. The Morgan fingerprint density at radius 3 is 2.68 bits per heavy atom. The van der Waals surface area contributed by atoms with Crippen molar-refractivity contribution in [1.29, 1.82) is 0 Å². The molecule has 3 rings (SSSR count). The van der Waals surface area contributed by atoms with Gasteiger partial charge in [0.05, 0.1) is 11.2 Å². The SMILES string of the molecule is CC(C)CCNC(=O)c1ccc(Nc2cccc3cccnc23)nn1. The second-order valence-corrected chi connectivity index (χ2v) is 6.25. The first-order chi connectivity index (χ1) is 12.1. The summed E-state index contributed by atoms with van der Waals surface area (Å²) in [6.45, 7) is 4.88. The number of anilines is 2. The Morgan fingerprint density at radius 1 is 1.08 bits per heavy atom. The summed E-state index contributed by atoms with van der Waals surface area (Å²) in [5.74, 6) is 0.913. The van der Waals surface area contributed by atoms with E-state index in [1.165, 1.54) is 0 Å². The van der Waals surface area contributed by atoms with Gasteiger partial charge in [0.15, 0.2) is 11.5 Å². The molecule has 25 heavy (non-hydrogen) atoms. The molecule has 0 aliphatic carbocycles. The lowest BCUT2D eigenvalue weighted by atomic mass is 10.1. The predicted octanol–water partition coefficient (Wildman–Crippen LogP) is 3.54. The van der Waals surface area contributed by atoms with E-state index in [4.69, 9.17) is 0 Å². The minimum Gasteiger partial charge on any atom is -0.351 e. The summed E-state index contributed by atoms with van der Waals surface area (Å²) in [6.07, 6.45) is 2.69. The summed E-state index contributed by atoms with van der Waals surface area (Å²) < 4.78 is 0. The highest BCUT2D eigenvalue weighted by Gasteiger charge is 2.09. The van der Waals surface area contributed by atoms with Crippen molar-refractivity contribution in [2.45, 2.75) is 20.3 Å². The highest BCUT2D eigenvalue weighted by Crippen LogP contribution is 2.23. The molecule has 0 saturated heterocycles. The third-order valence-electron chi connectivity index (χ3n) is 3.80. The van der Waals surface area contributed by atoms with Gasteiger partial charge in [0.1, 0.15) is 0 Å². The van der Waals surface area contributed by atoms with Crippen LogP contribution in [0.4, 0.5) is 11.5 Å². The Hall–Kier alpha value is -3.02. The minimum absolute atomic E-state index is 0.202. The molecule has 0 saturated carbocycles. The lowest BCUT2D eigenvalue weighted by molar-refractivity contribution is 0.0946. The standard InChI is InChI=1S/C19H21N5O/c1-13(2)10-12-21-19(25)16-8-9-17(24-23-16)22-15-7-3-5-14-6-4-11-20-18(14)15/h3-9,11,13H,10,12H2,1-2H3,(H,21,25)(H,22,24). The van der Waals surface area contributed by atoms with E-state index in [-0.39, 0.29) is 5.91 Å². The number of aromatic nitrogens is 3. The maximum Gasteiger partial charge on any atom is 0.271 e. The number of benzene rings is 1. The Morgan fingerprint density at radius 2 is 1.92 bits per heavy atom. The molecule has 3 aromatic rings. The maximum atomic E-state index is 12.0. The zero-order chi connectivity index (χ0) is 17.6. The topological polar surface area (TPSA) is 79.8 Å². The van der Waals surface area contributed by atoms with Gasteiger partial charge in [-0.3, -0.25) is 9.78 Å². The number of nitrogens with one attached hydrogen (secondary N) is 2. The van der Waals surface area contributed by atoms with E-state index in [2.05, 4.69) is 39.7 Å². The van der Waals surface area contributed by atoms with E-state index in [0.29, 0.717) is 24.0 Å². The molecule has 0 atom stereocenters. The quantitative estimate of drug-likeness (QED) is 0.720. The van der Waals surface area contributed by atoms with Crippen molar-refractivity contribution in [3.8, 4) is 0 Å². The molecule has 0 aliphatic heterocycles. The first kappa shape index (κ1) is 16.8. The number of hydrogen-bond donors (Lipinski definition) is 2. The van der Waals surface area contributed by atoms with Crippen molar-refractivity contribution in [2.24, 2.45) is 5.92 Å². The molecular weight excluding hydrogens is 314 g/mol. The van der Waals surface area contributed by atoms with Crippen LogP contribution < -0.4 is 10.6 Å². The molecule has 0 bridgehead atoms. The number of carbonyl (C=O) groups is 1. The van der Waals surface area contributed by atoms with E-state index in [1.807, 2.05) is 30.3 Å². The van der Waals surface area contributed by atoms with Gasteiger partial charge >= 0.3 is 0 Å².